The predicted octanol–water partition coefficient (Wildman–Crippen LogP) is 14.0. The van der Waals surface area contributed by atoms with E-state index in [4.69, 9.17) is 54.8 Å². The molecule has 10 rings (SSSR count). The van der Waals surface area contributed by atoms with Crippen LogP contribution in [0.25, 0.3) is 79.2 Å². The molecule has 0 atom stereocenters. The minimum absolute atomic E-state index is 0.189. The minimum atomic E-state index is 0.189. The van der Waals surface area contributed by atoms with Crippen LogP contribution in [0.1, 0.15) is 0 Å². The number of nitrogens with zero attached hydrogens (tertiary/aromatic N) is 6. The Labute approximate surface area is 398 Å². The highest BCUT2D eigenvalue weighted by Crippen LogP contribution is 2.30. The van der Waals surface area contributed by atoms with Crippen molar-refractivity contribution in [3.63, 3.8) is 0 Å². The predicted molar refractivity (Wildman–Crippen MR) is 268 cm³/mol. The van der Waals surface area contributed by atoms with Crippen LogP contribution in [0.15, 0.2) is 218 Å². The molecule has 66 heavy (non-hydrogen) atoms. The van der Waals surface area contributed by atoms with E-state index < -0.39 is 0 Å². The Kier molecular flexibility index (Phi) is 15.3. The van der Waals surface area contributed by atoms with E-state index in [1.165, 1.54) is 0 Å². The van der Waals surface area contributed by atoms with E-state index in [-0.39, 0.29) is 5.28 Å². The normalized spacial score (nSPS) is 10.4. The quantitative estimate of drug-likeness (QED) is 0.143. The SMILES string of the molecule is Clc1ccc(-c2nc(-c3ccccc3)nc(-c3cccc(-c4ccccc4)c3)n2)cc1.Clc1nc(-c2ccccc2)nc(-c2cccc(-c3ccccc3)c2)n1.O[B]Oc1ccc(Cl)cc1. The van der Waals surface area contributed by atoms with Crippen LogP contribution in [-0.4, -0.2) is 42.6 Å². The van der Waals surface area contributed by atoms with Crippen LogP contribution < -0.4 is 4.65 Å². The Morgan fingerprint density at radius 1 is 0.303 bits per heavy atom. The molecule has 1 N–H and O–H groups in total. The topological polar surface area (TPSA) is 107 Å². The molecule has 0 aliphatic carbocycles. The van der Waals surface area contributed by atoms with Gasteiger partial charge in [0.25, 0.3) is 0 Å². The van der Waals surface area contributed by atoms with Gasteiger partial charge in [0.2, 0.25) is 5.28 Å². The molecule has 1 radical (unpaired) electrons. The molecular formula is C54H37BCl3N6O2. The third kappa shape index (κ3) is 12.2. The van der Waals surface area contributed by atoms with Crippen LogP contribution in [0.5, 0.6) is 5.75 Å². The van der Waals surface area contributed by atoms with E-state index in [0.717, 1.165) is 50.1 Å². The van der Waals surface area contributed by atoms with Crippen molar-refractivity contribution in [1.29, 1.82) is 0 Å². The minimum Gasteiger partial charge on any atom is -0.537 e. The number of rotatable bonds is 9. The third-order valence-electron chi connectivity index (χ3n) is 9.87. The molecule has 0 aliphatic rings. The number of benzene rings is 8. The first-order chi connectivity index (χ1) is 32.4. The summed E-state index contributed by atoms with van der Waals surface area (Å²) in [5.41, 5.74) is 9.12. The van der Waals surface area contributed by atoms with Gasteiger partial charge >= 0.3 is 7.69 Å². The van der Waals surface area contributed by atoms with Gasteiger partial charge in [0.1, 0.15) is 5.75 Å². The number of hydrogen-bond acceptors (Lipinski definition) is 8. The number of hydrogen-bond donors (Lipinski definition) is 1. The van der Waals surface area contributed by atoms with Crippen LogP contribution >= 0.6 is 34.8 Å². The van der Waals surface area contributed by atoms with Gasteiger partial charge in [-0.15, -0.1) is 0 Å². The van der Waals surface area contributed by atoms with Crippen molar-refractivity contribution in [2.75, 3.05) is 0 Å². The Morgan fingerprint density at radius 2 is 0.606 bits per heavy atom. The Hall–Kier alpha value is -7.53. The molecule has 10 aromatic rings. The lowest BCUT2D eigenvalue weighted by Crippen LogP contribution is -2.00. The molecule has 8 nitrogen and oxygen atoms in total. The summed E-state index contributed by atoms with van der Waals surface area (Å²) in [5.74, 6) is 3.59. The molecule has 0 aliphatic heterocycles. The monoisotopic (exact) mass is 917 g/mol. The highest BCUT2D eigenvalue weighted by Gasteiger charge is 2.14. The maximum absolute atomic E-state index is 8.21. The Morgan fingerprint density at radius 3 is 1.02 bits per heavy atom. The van der Waals surface area contributed by atoms with E-state index >= 15 is 0 Å². The molecule has 0 fully saturated rings. The van der Waals surface area contributed by atoms with Gasteiger partial charge in [-0.25, -0.2) is 19.9 Å². The number of aromatic nitrogens is 6. The molecule has 8 aromatic carbocycles. The summed E-state index contributed by atoms with van der Waals surface area (Å²) >= 11 is 17.8. The van der Waals surface area contributed by atoms with E-state index in [1.54, 1.807) is 24.3 Å². The van der Waals surface area contributed by atoms with Crippen molar-refractivity contribution in [1.82, 2.24) is 29.9 Å². The Balaban J connectivity index is 0.000000151. The summed E-state index contributed by atoms with van der Waals surface area (Å²) in [4.78, 5) is 27.5. The van der Waals surface area contributed by atoms with Crippen molar-refractivity contribution >= 4 is 42.5 Å². The second-order valence-electron chi connectivity index (χ2n) is 14.4. The molecule has 0 saturated heterocycles. The molecule has 319 valence electrons. The van der Waals surface area contributed by atoms with Crippen LogP contribution in [0.2, 0.25) is 15.3 Å². The summed E-state index contributed by atoms with van der Waals surface area (Å²) < 4.78 is 4.63. The van der Waals surface area contributed by atoms with Crippen molar-refractivity contribution < 1.29 is 9.68 Å². The maximum Gasteiger partial charge on any atom is 0.569 e. The largest absolute Gasteiger partial charge is 0.569 e. The van der Waals surface area contributed by atoms with Gasteiger partial charge in [-0.05, 0) is 94.5 Å². The third-order valence-corrected chi connectivity index (χ3v) is 10.5. The van der Waals surface area contributed by atoms with Crippen LogP contribution in [-0.2, 0) is 0 Å². The highest BCUT2D eigenvalue weighted by atomic mass is 35.5. The molecule has 0 saturated carbocycles. The van der Waals surface area contributed by atoms with Crippen molar-refractivity contribution in [2.45, 2.75) is 0 Å². The second-order valence-corrected chi connectivity index (χ2v) is 15.6. The van der Waals surface area contributed by atoms with Gasteiger partial charge in [0, 0.05) is 37.9 Å². The van der Waals surface area contributed by atoms with E-state index in [0.29, 0.717) is 52.6 Å². The summed E-state index contributed by atoms with van der Waals surface area (Å²) in [6, 6.07) is 70.8. The standard InChI is InChI=1S/C27H18ClN3.C21H14ClN3.C6H5BClO2/c28-24-16-14-21(15-17-24)26-29-25(20-10-5-2-6-11-20)30-27(31-26)23-13-7-12-22(18-23)19-8-3-1-4-9-19;22-21-24-19(16-10-5-2-6-11-16)23-20(25-21)18-13-7-12-17(14-18)15-8-3-1-4-9-15;8-5-1-3-6(4-2-5)10-7-9/h1-18H;1-14H;1-4,9H. The zero-order valence-electron chi connectivity index (χ0n) is 35.0. The highest BCUT2D eigenvalue weighted by molar-refractivity contribution is 6.31. The first-order valence-electron chi connectivity index (χ1n) is 20.6. The lowest BCUT2D eigenvalue weighted by Gasteiger charge is -2.09. The van der Waals surface area contributed by atoms with Gasteiger partial charge in [-0.1, -0.05) is 181 Å². The molecule has 2 heterocycles. The van der Waals surface area contributed by atoms with E-state index in [9.17, 15) is 0 Å². The first-order valence-corrected chi connectivity index (χ1v) is 21.8. The summed E-state index contributed by atoms with van der Waals surface area (Å²) in [6.07, 6.45) is 0. The van der Waals surface area contributed by atoms with Crippen molar-refractivity contribution in [3.05, 3.63) is 234 Å². The van der Waals surface area contributed by atoms with Crippen molar-refractivity contribution in [3.8, 4) is 84.9 Å². The molecule has 0 bridgehead atoms. The summed E-state index contributed by atoms with van der Waals surface area (Å²) in [7, 11) is 0.628. The lowest BCUT2D eigenvalue weighted by molar-refractivity contribution is 0.454. The van der Waals surface area contributed by atoms with Gasteiger partial charge in [0.05, 0.1) is 0 Å². The average Bonchev–Trinajstić information content (AvgIpc) is 3.38. The van der Waals surface area contributed by atoms with Gasteiger partial charge < -0.3 is 9.68 Å². The fourth-order valence-corrected chi connectivity index (χ4v) is 7.07. The fourth-order valence-electron chi connectivity index (χ4n) is 6.66. The lowest BCUT2D eigenvalue weighted by atomic mass is 10.0. The molecule has 2 aromatic heterocycles. The van der Waals surface area contributed by atoms with Gasteiger partial charge in [-0.3, -0.25) is 0 Å². The van der Waals surface area contributed by atoms with Gasteiger partial charge in [0.15, 0.2) is 29.1 Å². The van der Waals surface area contributed by atoms with Crippen LogP contribution in [0.3, 0.4) is 0 Å². The summed E-state index contributed by atoms with van der Waals surface area (Å²) in [6.45, 7) is 0. The maximum atomic E-state index is 8.21. The molecule has 0 spiro atoms. The molecule has 12 heteroatoms. The zero-order chi connectivity index (χ0) is 45.5. The van der Waals surface area contributed by atoms with Gasteiger partial charge in [-0.2, -0.15) is 9.97 Å². The average molecular weight is 919 g/mol. The van der Waals surface area contributed by atoms with Crippen LogP contribution in [0.4, 0.5) is 0 Å². The second kappa shape index (κ2) is 22.4. The smallest absolute Gasteiger partial charge is 0.537 e. The molecular weight excluding hydrogens is 882 g/mol. The molecule has 0 unspecified atom stereocenters. The van der Waals surface area contributed by atoms with Crippen molar-refractivity contribution in [2.24, 2.45) is 0 Å². The molecule has 0 amide bonds. The number of halogens is 3. The van der Waals surface area contributed by atoms with Crippen LogP contribution in [0, 0.1) is 0 Å². The zero-order valence-corrected chi connectivity index (χ0v) is 37.3. The van der Waals surface area contributed by atoms with E-state index in [1.807, 2.05) is 146 Å². The fraction of sp³-hybridized carbons (Fsp3) is 0. The Bertz CT molecular complexity index is 3120. The first kappa shape index (κ1) is 45.1. The van der Waals surface area contributed by atoms with E-state index in [2.05, 4.69) is 68.1 Å². The summed E-state index contributed by atoms with van der Waals surface area (Å²) in [5, 5.41) is 9.72.